The monoisotopic (exact) mass is 687 g/mol. The van der Waals surface area contributed by atoms with Crippen LogP contribution in [0.4, 0.5) is 13.2 Å². The van der Waals surface area contributed by atoms with E-state index in [1.807, 2.05) is 6.26 Å². The molecule has 0 aromatic heterocycles. The molecule has 0 spiro atoms. The largest absolute Gasteiger partial charge is 0.508 e. The van der Waals surface area contributed by atoms with Crippen molar-refractivity contribution in [2.45, 2.75) is 43.6 Å². The van der Waals surface area contributed by atoms with E-state index in [1.54, 1.807) is 42.5 Å². The van der Waals surface area contributed by atoms with E-state index >= 15 is 0 Å². The van der Waals surface area contributed by atoms with Crippen molar-refractivity contribution in [1.82, 2.24) is 21.3 Å². The van der Waals surface area contributed by atoms with E-state index in [4.69, 9.17) is 15.6 Å². The van der Waals surface area contributed by atoms with Gasteiger partial charge >= 0.3 is 18.1 Å². The number of carbonyl (C=O) groups is 6. The van der Waals surface area contributed by atoms with Crippen LogP contribution in [-0.4, -0.2) is 100 Å². The van der Waals surface area contributed by atoms with E-state index < -0.39 is 73.0 Å². The minimum atomic E-state index is -5.08. The Morgan fingerprint density at radius 2 is 1.34 bits per heavy atom. The second-order valence-corrected chi connectivity index (χ2v) is 10.8. The van der Waals surface area contributed by atoms with Crippen LogP contribution >= 0.6 is 11.8 Å². The Kier molecular flexibility index (Phi) is 17.4. The zero-order valence-corrected chi connectivity index (χ0v) is 25.9. The minimum Gasteiger partial charge on any atom is -0.508 e. The normalized spacial score (nSPS) is 12.6. The number of thioether (sulfide) groups is 1. The average Bonchev–Trinajstić information content (AvgIpc) is 3.01. The maximum atomic E-state index is 12.9. The molecule has 0 bridgehead atoms. The molecule has 0 saturated heterocycles. The van der Waals surface area contributed by atoms with Crippen LogP contribution in [0, 0.1) is 0 Å². The van der Waals surface area contributed by atoms with Crippen LogP contribution in [0.2, 0.25) is 0 Å². The number of halogens is 3. The van der Waals surface area contributed by atoms with Crippen molar-refractivity contribution in [1.29, 1.82) is 0 Å². The maximum Gasteiger partial charge on any atom is 0.490 e. The summed E-state index contributed by atoms with van der Waals surface area (Å²) in [5.74, 6) is -5.87. The van der Waals surface area contributed by atoms with Gasteiger partial charge in [-0.2, -0.15) is 24.9 Å². The number of carboxylic acid groups (broad SMARTS) is 2. The molecule has 0 heterocycles. The first-order valence-corrected chi connectivity index (χ1v) is 15.2. The van der Waals surface area contributed by atoms with Gasteiger partial charge in [-0.05, 0) is 48.1 Å². The molecule has 0 unspecified atom stereocenters. The Morgan fingerprint density at radius 3 is 1.87 bits per heavy atom. The molecule has 0 saturated carbocycles. The second-order valence-electron chi connectivity index (χ2n) is 9.77. The van der Waals surface area contributed by atoms with Gasteiger partial charge in [0.05, 0.1) is 19.1 Å². The number of aromatic hydroxyl groups is 1. The van der Waals surface area contributed by atoms with Gasteiger partial charge in [0.25, 0.3) is 0 Å². The molecule has 4 amide bonds. The van der Waals surface area contributed by atoms with Crippen molar-refractivity contribution in [2.75, 3.05) is 25.1 Å². The van der Waals surface area contributed by atoms with Crippen LogP contribution in [0.1, 0.15) is 17.5 Å². The lowest BCUT2D eigenvalue weighted by Crippen LogP contribution is -2.54. The number of nitrogens with one attached hydrogen (secondary N) is 4. The molecule has 2 aromatic rings. The third-order valence-corrected chi connectivity index (χ3v) is 6.64. The molecule has 0 aliphatic heterocycles. The van der Waals surface area contributed by atoms with Crippen LogP contribution in [0.25, 0.3) is 0 Å². The summed E-state index contributed by atoms with van der Waals surface area (Å²) in [6, 6.07) is 12.0. The number of carbonyl (C=O) groups excluding carboxylic acids is 4. The molecular weight excluding hydrogens is 651 g/mol. The van der Waals surface area contributed by atoms with E-state index in [2.05, 4.69) is 21.3 Å². The number of rotatable bonds is 16. The molecule has 0 fully saturated rings. The molecule has 18 heteroatoms. The quantitative estimate of drug-likeness (QED) is 0.118. The Bertz CT molecular complexity index is 1350. The van der Waals surface area contributed by atoms with E-state index in [9.17, 15) is 47.4 Å². The molecule has 2 aromatic carbocycles. The predicted molar refractivity (Wildman–Crippen MR) is 164 cm³/mol. The molecule has 47 heavy (non-hydrogen) atoms. The summed E-state index contributed by atoms with van der Waals surface area (Å²) in [6.07, 6.45) is -2.74. The van der Waals surface area contributed by atoms with Gasteiger partial charge < -0.3 is 42.3 Å². The van der Waals surface area contributed by atoms with Gasteiger partial charge in [0.2, 0.25) is 23.6 Å². The number of amides is 4. The summed E-state index contributed by atoms with van der Waals surface area (Å²) in [7, 11) is 0. The predicted octanol–water partition coefficient (Wildman–Crippen LogP) is 0.178. The highest BCUT2D eigenvalue weighted by Crippen LogP contribution is 2.13. The van der Waals surface area contributed by atoms with Crippen molar-refractivity contribution in [3.05, 3.63) is 65.7 Å². The number of hydrogen-bond acceptors (Lipinski definition) is 9. The lowest BCUT2D eigenvalue weighted by Gasteiger charge is -2.22. The first-order valence-electron chi connectivity index (χ1n) is 13.8. The maximum absolute atomic E-state index is 12.9. The zero-order chi connectivity index (χ0) is 35.6. The van der Waals surface area contributed by atoms with E-state index in [-0.39, 0.29) is 25.0 Å². The van der Waals surface area contributed by atoms with Gasteiger partial charge in [-0.15, -0.1) is 0 Å². The van der Waals surface area contributed by atoms with Crippen molar-refractivity contribution >= 4 is 47.3 Å². The molecule has 0 aliphatic carbocycles. The molecule has 258 valence electrons. The topological polar surface area (TPSA) is 237 Å². The number of alkyl halides is 3. The third kappa shape index (κ3) is 16.9. The van der Waals surface area contributed by atoms with Crippen LogP contribution in [-0.2, 0) is 41.6 Å². The molecule has 14 nitrogen and oxygen atoms in total. The van der Waals surface area contributed by atoms with Crippen LogP contribution < -0.4 is 27.0 Å². The van der Waals surface area contributed by atoms with Crippen molar-refractivity contribution in [2.24, 2.45) is 5.73 Å². The number of aliphatic carboxylic acids is 2. The number of hydrogen-bond donors (Lipinski definition) is 8. The Labute approximate surface area is 271 Å². The van der Waals surface area contributed by atoms with Crippen molar-refractivity contribution in [3.63, 3.8) is 0 Å². The third-order valence-electron chi connectivity index (χ3n) is 6.00. The molecular formula is C29H36F3N5O9S. The zero-order valence-electron chi connectivity index (χ0n) is 25.1. The van der Waals surface area contributed by atoms with Gasteiger partial charge in [-0.25, -0.2) is 9.59 Å². The Morgan fingerprint density at radius 1 is 0.787 bits per heavy atom. The molecule has 0 aliphatic rings. The van der Waals surface area contributed by atoms with Crippen LogP contribution in [0.5, 0.6) is 5.75 Å². The number of nitrogens with two attached hydrogens (primary N) is 1. The number of phenolic OH excluding ortho intramolecular Hbond substituents is 1. The highest BCUT2D eigenvalue weighted by molar-refractivity contribution is 7.98. The van der Waals surface area contributed by atoms with Gasteiger partial charge in [0, 0.05) is 6.42 Å². The van der Waals surface area contributed by atoms with Crippen LogP contribution in [0.15, 0.2) is 54.6 Å². The lowest BCUT2D eigenvalue weighted by molar-refractivity contribution is -0.192. The summed E-state index contributed by atoms with van der Waals surface area (Å²) in [5, 5.41) is 35.7. The fourth-order valence-electron chi connectivity index (χ4n) is 3.59. The van der Waals surface area contributed by atoms with Gasteiger partial charge in [0.15, 0.2) is 0 Å². The molecule has 9 N–H and O–H groups in total. The first kappa shape index (κ1) is 40.2. The van der Waals surface area contributed by atoms with Gasteiger partial charge in [-0.1, -0.05) is 42.5 Å². The smallest absolute Gasteiger partial charge is 0.490 e. The molecule has 0 radical (unpaired) electrons. The minimum absolute atomic E-state index is 0.0881. The van der Waals surface area contributed by atoms with Gasteiger partial charge in [-0.3, -0.25) is 19.2 Å². The second kappa shape index (κ2) is 20.3. The Balaban J connectivity index is 0.00000141. The summed E-state index contributed by atoms with van der Waals surface area (Å²) >= 11 is 1.45. The SMILES string of the molecule is CSCC[C@H](NC(=O)[C@H](Cc1ccccc1)NC(=O)CNC(=O)CNC(=O)[C@@H](N)Cc1ccc(O)cc1)C(=O)O.O=C(O)C(F)(F)F. The summed E-state index contributed by atoms with van der Waals surface area (Å²) in [6.45, 7) is -0.888. The average molecular weight is 688 g/mol. The fourth-order valence-corrected chi connectivity index (χ4v) is 4.06. The highest BCUT2D eigenvalue weighted by Gasteiger charge is 2.38. The van der Waals surface area contributed by atoms with Crippen LogP contribution in [0.3, 0.4) is 0 Å². The van der Waals surface area contributed by atoms with E-state index in [1.165, 1.54) is 23.9 Å². The molecule has 3 atom stereocenters. The van der Waals surface area contributed by atoms with E-state index in [0.29, 0.717) is 5.75 Å². The van der Waals surface area contributed by atoms with Crippen molar-refractivity contribution < 1.29 is 57.3 Å². The van der Waals surface area contributed by atoms with E-state index in [0.717, 1.165) is 11.1 Å². The number of benzene rings is 2. The Hall–Kier alpha value is -4.84. The summed E-state index contributed by atoms with van der Waals surface area (Å²) in [5.41, 5.74) is 7.35. The van der Waals surface area contributed by atoms with Crippen molar-refractivity contribution in [3.8, 4) is 5.75 Å². The van der Waals surface area contributed by atoms with Gasteiger partial charge in [0.1, 0.15) is 17.8 Å². The number of phenols is 1. The first-order chi connectivity index (χ1) is 22.0. The highest BCUT2D eigenvalue weighted by atomic mass is 32.2. The summed E-state index contributed by atoms with van der Waals surface area (Å²) < 4.78 is 31.7. The summed E-state index contributed by atoms with van der Waals surface area (Å²) in [4.78, 5) is 70.4. The molecule has 2 rings (SSSR count). The fraction of sp³-hybridized carbons (Fsp3) is 0.379. The lowest BCUT2D eigenvalue weighted by atomic mass is 10.0. The standard InChI is InChI=1S/C27H35N5O7S.C2HF3O2/c1-40-12-11-21(27(38)39)32-26(37)22(14-17-5-3-2-4-6-17)31-24(35)16-29-23(34)15-30-25(36)20(28)13-18-7-9-19(33)10-8-18;3-2(4,5)1(6)7/h2-10,20-22,33H,11-16,28H2,1H3,(H,29,34)(H,30,36)(H,31,35)(H,32,37)(H,38,39);(H,6,7)/t20-,21-,22-;/m0./s1. The number of carboxylic acids is 2.